The molecule has 0 radical (unpaired) electrons. The smallest absolute Gasteiger partial charge is 0.244 e. The first kappa shape index (κ1) is 69.7. The molecule has 3 fully saturated rings. The molecule has 0 aliphatic carbocycles. The molecule has 23 rings (SSSR count). The minimum Gasteiger partial charge on any atom is -0.485 e. The highest BCUT2D eigenvalue weighted by molar-refractivity contribution is 6.13. The Morgan fingerprint density at radius 2 is 0.877 bits per heavy atom. The number of oxazole rings is 1. The normalized spacial score (nSPS) is 21.1. The van der Waals surface area contributed by atoms with E-state index in [1.165, 1.54) is 6.07 Å². The second kappa shape index (κ2) is 27.9. The number of nitrogens with zero attached hydrogens (tertiary/aromatic N) is 21. The van der Waals surface area contributed by atoms with Crippen molar-refractivity contribution in [2.45, 2.75) is 132 Å². The summed E-state index contributed by atoms with van der Waals surface area (Å²) in [6.45, 7) is 8.98. The van der Waals surface area contributed by atoms with Crippen LogP contribution in [0.3, 0.4) is 0 Å². The fourth-order valence-corrected chi connectivity index (χ4v) is 18.8. The van der Waals surface area contributed by atoms with Crippen LogP contribution >= 0.6 is 0 Å². The van der Waals surface area contributed by atoms with Gasteiger partial charge in [0.15, 0.2) is 29.1 Å². The first-order valence-corrected chi connectivity index (χ1v) is 39.8. The molecular formula is C85H85FN24O4. The number of aryl methyl sites for hydroxylation is 4. The molecule has 0 saturated carbocycles. The van der Waals surface area contributed by atoms with Crippen molar-refractivity contribution in [3.63, 3.8) is 0 Å². The van der Waals surface area contributed by atoms with Gasteiger partial charge in [0.2, 0.25) is 5.89 Å². The van der Waals surface area contributed by atoms with Crippen LogP contribution in [-0.4, -0.2) is 153 Å². The predicted molar refractivity (Wildman–Crippen MR) is 429 cm³/mol. The Hall–Kier alpha value is -12.2. The Morgan fingerprint density at radius 1 is 0.421 bits per heavy atom. The first-order valence-electron chi connectivity index (χ1n) is 39.8. The molecule has 114 heavy (non-hydrogen) atoms. The van der Waals surface area contributed by atoms with Gasteiger partial charge in [0, 0.05) is 139 Å². The third kappa shape index (κ3) is 11.9. The second-order valence-corrected chi connectivity index (χ2v) is 31.4. The van der Waals surface area contributed by atoms with Crippen molar-refractivity contribution in [1.82, 2.24) is 59.6 Å². The zero-order chi connectivity index (χ0) is 76.4. The Kier molecular flexibility index (Phi) is 17.0. The quantitative estimate of drug-likeness (QED) is 0.144. The minimum absolute atomic E-state index is 0.102. The molecule has 576 valence electrons. The maximum absolute atomic E-state index is 14.3. The molecule has 3 spiro atoms. The van der Waals surface area contributed by atoms with Gasteiger partial charge in [-0.25, -0.2) is 44.3 Å². The summed E-state index contributed by atoms with van der Waals surface area (Å²) in [5.41, 5.74) is 36.1. The Morgan fingerprint density at radius 3 is 1.35 bits per heavy atom. The van der Waals surface area contributed by atoms with Crippen LogP contribution in [0.1, 0.15) is 144 Å². The summed E-state index contributed by atoms with van der Waals surface area (Å²) >= 11 is 0. The van der Waals surface area contributed by atoms with E-state index < -0.39 is 5.60 Å². The molecule has 28 nitrogen and oxygen atoms in total. The van der Waals surface area contributed by atoms with Gasteiger partial charge in [0.25, 0.3) is 0 Å². The average Bonchev–Trinajstić information content (AvgIpc) is 1.60. The molecule has 3 saturated heterocycles. The van der Waals surface area contributed by atoms with E-state index in [0.717, 1.165) is 272 Å². The fourth-order valence-electron chi connectivity index (χ4n) is 18.8. The molecule has 29 heteroatoms. The summed E-state index contributed by atoms with van der Waals surface area (Å²) < 4.78 is 40.5. The SMILES string of the molecule is Cn1cc(-c2ccc3c(n2)CCCN3C2=NCc3nc(N4CCC5(CC4)Oc4ccccc4[C@H]5N)cnc32)cn1.N[C@@H]1c2cccc(F)c2OC12CCN(c1cnc3c(n1)CN=C3N1CCCc3ncccc31)CC2.N[C@@H]1c2ccccc2OC12CCN(c1cnc3c(n1)CN=C3N1CCCc3nc(-c4ncco4)ccc31)CC2. The molecule has 0 unspecified atom stereocenters. The number of benzene rings is 3. The van der Waals surface area contributed by atoms with Crippen LogP contribution in [0.25, 0.3) is 22.8 Å². The van der Waals surface area contributed by atoms with E-state index in [2.05, 4.69) is 80.9 Å². The second-order valence-electron chi connectivity index (χ2n) is 31.4. The molecule has 12 aliphatic heterocycles. The van der Waals surface area contributed by atoms with Crippen molar-refractivity contribution in [3.05, 3.63) is 227 Å². The summed E-state index contributed by atoms with van der Waals surface area (Å²) in [6.07, 6.45) is 25.2. The highest BCUT2D eigenvalue weighted by atomic mass is 19.1. The lowest BCUT2D eigenvalue weighted by atomic mass is 9.83. The van der Waals surface area contributed by atoms with E-state index in [4.69, 9.17) is 90.7 Å². The number of pyridine rings is 3. The predicted octanol–water partition coefficient (Wildman–Crippen LogP) is 10.2. The molecule has 12 aliphatic rings. The third-order valence-electron chi connectivity index (χ3n) is 25.0. The number of fused-ring (bicyclic) bond motifs is 9. The lowest BCUT2D eigenvalue weighted by Gasteiger charge is -2.41. The maximum atomic E-state index is 14.3. The molecule has 3 aromatic carbocycles. The van der Waals surface area contributed by atoms with Crippen molar-refractivity contribution in [2.75, 3.05) is 88.3 Å². The molecule has 3 atom stereocenters. The Bertz CT molecular complexity index is 5690. The molecule has 0 bridgehead atoms. The monoisotopic (exact) mass is 1520 g/mol. The van der Waals surface area contributed by atoms with Crippen molar-refractivity contribution < 1.29 is 23.0 Å². The van der Waals surface area contributed by atoms with E-state index in [1.807, 2.05) is 98.8 Å². The van der Waals surface area contributed by atoms with Crippen LogP contribution < -0.4 is 60.8 Å². The zero-order valence-electron chi connectivity index (χ0n) is 63.3. The lowest BCUT2D eigenvalue weighted by molar-refractivity contribution is 0.0402. The number of nitrogens with two attached hydrogens (primary N) is 3. The molecule has 6 N–H and O–H groups in total. The van der Waals surface area contributed by atoms with E-state index in [-0.39, 0.29) is 35.1 Å². The highest BCUT2D eigenvalue weighted by Crippen LogP contribution is 2.51. The number of halogens is 1. The lowest BCUT2D eigenvalue weighted by Crippen LogP contribution is -2.51. The van der Waals surface area contributed by atoms with Gasteiger partial charge in [-0.3, -0.25) is 29.6 Å². The standard InChI is InChI=1S/C30H31N9O.C29H28N8O2.C26H26FN7O/c1-37-18-19(15-34-37)21-8-9-24-22(35-21)6-4-12-39(24)29-27-23(16-33-29)36-26(17-32-27)38-13-10-30(11-14-38)28(31)20-5-2-3-7-25(20)40-30;30-26-18-4-1-2-6-23(18)39-29(26)9-13-36(14-10-29)24-17-32-25-21(35-24)16-33-27(25)37-12-3-5-19-22(37)8-7-20(34-19)28-31-11-15-38-28;27-17-5-1-4-16-23(17)35-26(24(16)28)8-12-33(13-9-26)21-15-30-22-19(32-21)14-31-25(22)34-11-3-6-18-20(34)7-2-10-29-18/h2-3,5,7-9,15,17-18,28H,4,6,10-14,16,31H2,1H3;1-2,4,6-8,11,15,17,26H,3,5,9-10,12-14,16,30H2;1-2,4-5,7,10,15,24H,3,6,8-9,11-14,28H2/t28-;26-;24-/m111/s1. The van der Waals surface area contributed by atoms with Gasteiger partial charge in [-0.1, -0.05) is 48.5 Å². The summed E-state index contributed by atoms with van der Waals surface area (Å²) in [7, 11) is 1.92. The van der Waals surface area contributed by atoms with Crippen LogP contribution in [0.4, 0.5) is 38.9 Å². The van der Waals surface area contributed by atoms with Gasteiger partial charge in [0.05, 0.1) is 126 Å². The van der Waals surface area contributed by atoms with Gasteiger partial charge >= 0.3 is 0 Å². The van der Waals surface area contributed by atoms with Crippen LogP contribution in [0.5, 0.6) is 17.2 Å². The van der Waals surface area contributed by atoms with Crippen molar-refractivity contribution >= 4 is 52.0 Å². The molecule has 0 amide bonds. The largest absolute Gasteiger partial charge is 0.485 e. The summed E-state index contributed by atoms with van der Waals surface area (Å²) in [4.78, 5) is 76.3. The number of para-hydroxylation sites is 3. The number of amidine groups is 3. The van der Waals surface area contributed by atoms with E-state index in [1.54, 1.807) is 23.2 Å². The average molecular weight is 1530 g/mol. The topological polar surface area (TPSA) is 322 Å². The zero-order valence-corrected chi connectivity index (χ0v) is 63.3. The number of aromatic nitrogens is 12. The number of rotatable bonds is 5. The summed E-state index contributed by atoms with van der Waals surface area (Å²) in [5, 5.41) is 4.30. The summed E-state index contributed by atoms with van der Waals surface area (Å²) in [6, 6.07) is 33.1. The number of anilines is 6. The molecule has 20 heterocycles. The summed E-state index contributed by atoms with van der Waals surface area (Å²) in [5.74, 6) is 7.62. The van der Waals surface area contributed by atoms with Gasteiger partial charge < -0.3 is 65.2 Å². The van der Waals surface area contributed by atoms with Gasteiger partial charge in [0.1, 0.15) is 74.8 Å². The number of ether oxygens (including phenoxy) is 3. The number of hydrogen-bond donors (Lipinski definition) is 3. The Balaban J connectivity index is 0.000000108. The van der Waals surface area contributed by atoms with E-state index >= 15 is 0 Å². The molecule has 11 aromatic rings. The van der Waals surface area contributed by atoms with Crippen LogP contribution in [0.15, 0.2) is 172 Å². The number of hydrogen-bond acceptors (Lipinski definition) is 27. The fraction of sp³-hybridized carbons (Fsp3) is 0.365. The van der Waals surface area contributed by atoms with Gasteiger partial charge in [-0.15, -0.1) is 0 Å². The molecule has 8 aromatic heterocycles. The van der Waals surface area contributed by atoms with E-state index in [9.17, 15) is 4.39 Å². The van der Waals surface area contributed by atoms with Gasteiger partial charge in [-0.05, 0) is 93.1 Å². The Labute approximate surface area is 657 Å². The van der Waals surface area contributed by atoms with Crippen LogP contribution in [0, 0.1) is 5.82 Å². The van der Waals surface area contributed by atoms with Crippen LogP contribution in [-0.2, 0) is 45.9 Å². The molecular weight excluding hydrogens is 1440 g/mol. The highest BCUT2D eigenvalue weighted by Gasteiger charge is 2.52. The maximum Gasteiger partial charge on any atom is 0.244 e. The van der Waals surface area contributed by atoms with Crippen molar-refractivity contribution in [1.29, 1.82) is 0 Å². The number of aliphatic imine (C=N–C) groups is 3. The third-order valence-corrected chi connectivity index (χ3v) is 25.0. The van der Waals surface area contributed by atoms with Crippen LogP contribution in [0.2, 0.25) is 0 Å². The van der Waals surface area contributed by atoms with Gasteiger partial charge in [-0.2, -0.15) is 5.10 Å². The van der Waals surface area contributed by atoms with Crippen molar-refractivity contribution in [3.8, 4) is 40.1 Å². The number of piperidine rings is 3. The van der Waals surface area contributed by atoms with E-state index in [0.29, 0.717) is 44.1 Å². The van der Waals surface area contributed by atoms with Crippen molar-refractivity contribution in [2.24, 2.45) is 39.2 Å². The minimum atomic E-state index is -0.572. The first-order chi connectivity index (χ1) is 55.9.